The van der Waals surface area contributed by atoms with Crippen LogP contribution >= 0.6 is 23.2 Å². The number of amides is 3. The lowest BCUT2D eigenvalue weighted by molar-refractivity contribution is -0.143. The summed E-state index contributed by atoms with van der Waals surface area (Å²) >= 11 is 13.0. The largest absolute Gasteiger partial charge is 0.493 e. The summed E-state index contributed by atoms with van der Waals surface area (Å²) in [7, 11) is 4.62. The Labute approximate surface area is 352 Å². The van der Waals surface area contributed by atoms with Crippen molar-refractivity contribution in [2.75, 3.05) is 93.4 Å². The molecule has 0 radical (unpaired) electrons. The van der Waals surface area contributed by atoms with Crippen molar-refractivity contribution in [3.63, 3.8) is 0 Å². The van der Waals surface area contributed by atoms with Crippen LogP contribution in [0.1, 0.15) is 66.9 Å². The highest BCUT2D eigenvalue weighted by molar-refractivity contribution is 6.42. The molecule has 3 heterocycles. The molecule has 0 unspecified atom stereocenters. The number of halogens is 2. The topological polar surface area (TPSA) is 113 Å². The molecular formula is C44H57Cl2N5O7. The number of ether oxygens (including phenoxy) is 4. The molecule has 3 saturated heterocycles. The first-order valence-corrected chi connectivity index (χ1v) is 21.1. The van der Waals surface area contributed by atoms with Crippen LogP contribution in [0.3, 0.4) is 0 Å². The highest BCUT2D eigenvalue weighted by Gasteiger charge is 2.44. The maximum Gasteiger partial charge on any atom is 0.318 e. The number of hydrogen-bond acceptors (Lipinski definition) is 9. The molecule has 3 fully saturated rings. The van der Waals surface area contributed by atoms with Gasteiger partial charge in [0.05, 0.1) is 43.5 Å². The Morgan fingerprint density at radius 1 is 0.724 bits per heavy atom. The quantitative estimate of drug-likeness (QED) is 0.164. The van der Waals surface area contributed by atoms with E-state index in [9.17, 15) is 14.4 Å². The Hall–Kier alpha value is -4.23. The number of urea groups is 1. The number of benzene rings is 3. The summed E-state index contributed by atoms with van der Waals surface area (Å²) in [5, 5.41) is 4.49. The van der Waals surface area contributed by atoms with E-state index < -0.39 is 5.54 Å². The van der Waals surface area contributed by atoms with Gasteiger partial charge in [0, 0.05) is 69.8 Å². The van der Waals surface area contributed by atoms with Gasteiger partial charge in [-0.25, -0.2) is 4.79 Å². The average Bonchev–Trinajstić information content (AvgIpc) is 3.69. The second-order valence-electron chi connectivity index (χ2n) is 15.5. The third-order valence-corrected chi connectivity index (χ3v) is 12.9. The van der Waals surface area contributed by atoms with Crippen LogP contribution in [-0.4, -0.2) is 131 Å². The maximum absolute atomic E-state index is 14.1. The first-order valence-electron chi connectivity index (χ1n) is 20.3. The molecule has 58 heavy (non-hydrogen) atoms. The van der Waals surface area contributed by atoms with Crippen molar-refractivity contribution in [3.05, 3.63) is 87.4 Å². The van der Waals surface area contributed by atoms with E-state index in [0.717, 1.165) is 82.5 Å². The van der Waals surface area contributed by atoms with Crippen LogP contribution in [0.4, 0.5) is 4.79 Å². The molecule has 0 saturated carbocycles. The van der Waals surface area contributed by atoms with Gasteiger partial charge in [0.1, 0.15) is 0 Å². The molecule has 1 atom stereocenters. The van der Waals surface area contributed by atoms with Crippen LogP contribution < -0.4 is 19.5 Å². The van der Waals surface area contributed by atoms with Crippen molar-refractivity contribution in [2.45, 2.75) is 56.4 Å². The molecule has 0 aliphatic carbocycles. The van der Waals surface area contributed by atoms with E-state index in [0.29, 0.717) is 72.1 Å². The minimum Gasteiger partial charge on any atom is -0.493 e. The molecule has 12 nitrogen and oxygen atoms in total. The van der Waals surface area contributed by atoms with Crippen LogP contribution in [0.5, 0.6) is 17.2 Å². The number of nitrogens with zero attached hydrogens (tertiary/aromatic N) is 4. The minimum absolute atomic E-state index is 0.0372. The summed E-state index contributed by atoms with van der Waals surface area (Å²) in [6.07, 6.45) is 4.26. The van der Waals surface area contributed by atoms with E-state index in [-0.39, 0.29) is 23.3 Å². The number of likely N-dealkylation sites (tertiary alicyclic amines) is 2. The van der Waals surface area contributed by atoms with Gasteiger partial charge < -0.3 is 39.0 Å². The summed E-state index contributed by atoms with van der Waals surface area (Å²) in [6.45, 7) is 9.34. The van der Waals surface area contributed by atoms with E-state index in [1.807, 2.05) is 53.1 Å². The summed E-state index contributed by atoms with van der Waals surface area (Å²) < 4.78 is 21.6. The zero-order chi connectivity index (χ0) is 41.3. The highest BCUT2D eigenvalue weighted by Crippen LogP contribution is 2.43. The number of esters is 1. The Balaban J connectivity index is 1.12. The monoisotopic (exact) mass is 837 g/mol. The van der Waals surface area contributed by atoms with Crippen LogP contribution in [0.2, 0.25) is 10.0 Å². The summed E-state index contributed by atoms with van der Waals surface area (Å²) in [4.78, 5) is 48.4. The van der Waals surface area contributed by atoms with Crippen LogP contribution in [-0.2, 0) is 20.5 Å². The van der Waals surface area contributed by atoms with Crippen molar-refractivity contribution >= 4 is 41.1 Å². The first-order chi connectivity index (χ1) is 28.0. The zero-order valence-corrected chi connectivity index (χ0v) is 35.7. The summed E-state index contributed by atoms with van der Waals surface area (Å²) in [6, 6.07) is 19.5. The lowest BCUT2D eigenvalue weighted by Gasteiger charge is -2.45. The third kappa shape index (κ3) is 9.96. The van der Waals surface area contributed by atoms with Gasteiger partial charge in [-0.05, 0) is 87.5 Å². The highest BCUT2D eigenvalue weighted by atomic mass is 35.5. The number of rotatable bonds is 15. The minimum atomic E-state index is -0.496. The van der Waals surface area contributed by atoms with Crippen molar-refractivity contribution in [2.24, 2.45) is 0 Å². The molecular weight excluding hydrogens is 781 g/mol. The second-order valence-corrected chi connectivity index (χ2v) is 16.3. The molecule has 0 aromatic heterocycles. The molecule has 3 aromatic rings. The molecule has 3 aromatic carbocycles. The predicted octanol–water partition coefficient (Wildman–Crippen LogP) is 6.86. The van der Waals surface area contributed by atoms with Crippen molar-refractivity contribution < 1.29 is 33.3 Å². The lowest BCUT2D eigenvalue weighted by Crippen LogP contribution is -2.59. The number of nitrogens with one attached hydrogen (secondary N) is 1. The predicted molar refractivity (Wildman–Crippen MR) is 226 cm³/mol. The number of methoxy groups -OCH3 is 3. The van der Waals surface area contributed by atoms with E-state index in [4.69, 9.17) is 42.1 Å². The zero-order valence-electron chi connectivity index (χ0n) is 34.2. The molecule has 14 heteroatoms. The molecule has 0 spiro atoms. The maximum atomic E-state index is 14.1. The fourth-order valence-corrected chi connectivity index (χ4v) is 9.05. The summed E-state index contributed by atoms with van der Waals surface area (Å²) in [5.74, 6) is 1.02. The summed E-state index contributed by atoms with van der Waals surface area (Å²) in [5.41, 5.74) is 1.79. The van der Waals surface area contributed by atoms with Crippen LogP contribution in [0.15, 0.2) is 60.7 Å². The Morgan fingerprint density at radius 3 is 2.02 bits per heavy atom. The normalized spacial score (nSPS) is 19.8. The molecule has 3 aliphatic heterocycles. The van der Waals surface area contributed by atoms with Crippen LogP contribution in [0.25, 0.3) is 0 Å². The lowest BCUT2D eigenvalue weighted by atomic mass is 9.76. The molecule has 0 bridgehead atoms. The number of carbonyl (C=O) groups excluding carboxylic acids is 3. The third-order valence-electron chi connectivity index (χ3n) is 12.2. The van der Waals surface area contributed by atoms with Crippen molar-refractivity contribution in [1.29, 1.82) is 0 Å². The van der Waals surface area contributed by atoms with E-state index in [1.165, 1.54) is 21.3 Å². The number of piperazine rings is 1. The van der Waals surface area contributed by atoms with E-state index in [1.54, 1.807) is 12.1 Å². The van der Waals surface area contributed by atoms with Gasteiger partial charge in [-0.1, -0.05) is 59.6 Å². The Bertz CT molecular complexity index is 1860. The van der Waals surface area contributed by atoms with Gasteiger partial charge in [-0.3, -0.25) is 14.5 Å². The fraction of sp³-hybridized carbons (Fsp3) is 0.523. The molecule has 314 valence electrons. The van der Waals surface area contributed by atoms with Gasteiger partial charge in [-0.2, -0.15) is 0 Å². The van der Waals surface area contributed by atoms with E-state index in [2.05, 4.69) is 27.2 Å². The molecule has 3 aliphatic rings. The van der Waals surface area contributed by atoms with Crippen molar-refractivity contribution in [1.82, 2.24) is 24.9 Å². The van der Waals surface area contributed by atoms with Gasteiger partial charge in [-0.15, -0.1) is 0 Å². The standard InChI is InChI=1S/C44H57Cl2N5O7/c1-5-58-39(52)12-9-19-48-24-26-50(27-25-48)42(54)47-44(33-10-7-6-8-11-33)17-21-49(22-18-44)20-15-43(34-13-14-35(45)36(46)30-34)16-23-51(31-43)41(53)32-28-37(55-2)40(57-4)38(29-32)56-3/h6-8,10-11,13-14,28-30H,5,9,12,15-27,31H2,1-4H3,(H,47,54)/t43-/m1/s1. The average molecular weight is 839 g/mol. The molecule has 1 N–H and O–H groups in total. The first kappa shape index (κ1) is 43.4. The number of piperidine rings is 1. The number of carbonyl (C=O) groups is 3. The van der Waals surface area contributed by atoms with Gasteiger partial charge >= 0.3 is 12.0 Å². The van der Waals surface area contributed by atoms with Gasteiger partial charge in [0.15, 0.2) is 11.5 Å². The molecule has 6 rings (SSSR count). The SMILES string of the molecule is CCOC(=O)CCCN1CCN(C(=O)NC2(c3ccccc3)CCN(CC[C@@]3(c4ccc(Cl)c(Cl)c4)CCN(C(=O)c4cc(OC)c(OC)c(OC)c4)C3)CC2)CC1. The van der Waals surface area contributed by atoms with Gasteiger partial charge in [0.25, 0.3) is 5.91 Å². The number of hydrogen-bond donors (Lipinski definition) is 1. The second kappa shape index (κ2) is 19.7. The smallest absolute Gasteiger partial charge is 0.318 e. The van der Waals surface area contributed by atoms with E-state index >= 15 is 0 Å². The Kier molecular flexibility index (Phi) is 14.7. The van der Waals surface area contributed by atoms with Crippen LogP contribution in [0, 0.1) is 0 Å². The Morgan fingerprint density at radius 2 is 1.40 bits per heavy atom. The molecule has 3 amide bonds. The van der Waals surface area contributed by atoms with Gasteiger partial charge in [0.2, 0.25) is 5.75 Å². The van der Waals surface area contributed by atoms with Crippen molar-refractivity contribution in [3.8, 4) is 17.2 Å². The fourth-order valence-electron chi connectivity index (χ4n) is 8.75.